The fourth-order valence-electron chi connectivity index (χ4n) is 4.17. The first kappa shape index (κ1) is 19.9. The number of benzene rings is 2. The molecule has 1 spiro atoms. The molecule has 0 aromatic heterocycles. The second kappa shape index (κ2) is 7.76. The van der Waals surface area contributed by atoms with E-state index in [0.717, 1.165) is 11.3 Å². The minimum Gasteiger partial charge on any atom is -0.507 e. The number of piperidine rings is 1. The van der Waals surface area contributed by atoms with Crippen molar-refractivity contribution < 1.29 is 14.3 Å². The maximum absolute atomic E-state index is 13.7. The minimum atomic E-state index is -0.548. The molecule has 2 aliphatic rings. The van der Waals surface area contributed by atoms with Gasteiger partial charge in [-0.1, -0.05) is 29.8 Å². The van der Waals surface area contributed by atoms with E-state index in [1.807, 2.05) is 17.0 Å². The van der Waals surface area contributed by atoms with E-state index in [4.69, 9.17) is 16.6 Å². The van der Waals surface area contributed by atoms with Crippen LogP contribution in [-0.2, 0) is 4.79 Å². The zero-order valence-corrected chi connectivity index (χ0v) is 16.9. The second-order valence-electron chi connectivity index (χ2n) is 7.69. The van der Waals surface area contributed by atoms with Crippen molar-refractivity contribution in [1.29, 1.82) is 0 Å². The third-order valence-electron chi connectivity index (χ3n) is 5.79. The molecule has 0 aliphatic carbocycles. The normalized spacial score (nSPS) is 21.1. The van der Waals surface area contributed by atoms with Crippen molar-refractivity contribution in [3.05, 3.63) is 64.4 Å². The van der Waals surface area contributed by atoms with E-state index < -0.39 is 11.5 Å². The van der Waals surface area contributed by atoms with Crippen molar-refractivity contribution >= 4 is 23.2 Å². The molecule has 1 amide bonds. The number of rotatable bonds is 2. The zero-order valence-electron chi connectivity index (χ0n) is 16.2. The largest absolute Gasteiger partial charge is 0.507 e. The Balaban J connectivity index is 1.72. The third kappa shape index (κ3) is 4.00. The highest BCUT2D eigenvalue weighted by molar-refractivity contribution is 6.30. The number of aromatic hydroxyl groups is 1. The highest BCUT2D eigenvalue weighted by Gasteiger charge is 2.40. The average molecular weight is 416 g/mol. The van der Waals surface area contributed by atoms with Crippen LogP contribution in [0.5, 0.6) is 5.75 Å². The van der Waals surface area contributed by atoms with Crippen LogP contribution in [0.1, 0.15) is 43.4 Å². The smallest absolute Gasteiger partial charge is 0.219 e. The summed E-state index contributed by atoms with van der Waals surface area (Å²) in [5, 5.41) is 14.1. The van der Waals surface area contributed by atoms with Gasteiger partial charge in [-0.15, -0.1) is 0 Å². The Bertz CT molecular complexity index is 970. The number of hydrogen-bond acceptors (Lipinski definition) is 4. The molecular formula is C22H23ClFN3O2. The van der Waals surface area contributed by atoms with Gasteiger partial charge in [-0.3, -0.25) is 15.1 Å². The third-order valence-corrected chi connectivity index (χ3v) is 6.08. The highest BCUT2D eigenvalue weighted by Crippen LogP contribution is 2.37. The summed E-state index contributed by atoms with van der Waals surface area (Å²) < 4.78 is 13.7. The number of carbonyl (C=O) groups is 1. The molecule has 4 rings (SSSR count). The summed E-state index contributed by atoms with van der Waals surface area (Å²) in [7, 11) is 0. The van der Waals surface area contributed by atoms with Gasteiger partial charge < -0.3 is 10.0 Å². The van der Waals surface area contributed by atoms with E-state index in [2.05, 4.69) is 5.32 Å². The number of halogens is 2. The lowest BCUT2D eigenvalue weighted by atomic mass is 9.87. The molecule has 1 saturated heterocycles. The lowest BCUT2D eigenvalue weighted by Gasteiger charge is -2.45. The number of nitrogens with zero attached hydrogens (tertiary/aromatic N) is 2. The maximum atomic E-state index is 13.7. The molecule has 2 N–H and O–H groups in total. The van der Waals surface area contributed by atoms with Crippen LogP contribution in [0.15, 0.2) is 47.5 Å². The first-order chi connectivity index (χ1) is 13.9. The first-order valence-corrected chi connectivity index (χ1v) is 10.1. The van der Waals surface area contributed by atoms with E-state index in [1.54, 1.807) is 31.2 Å². The van der Waals surface area contributed by atoms with Crippen molar-refractivity contribution in [2.75, 3.05) is 13.1 Å². The number of carbonyl (C=O) groups excluding carboxylic acids is 1. The van der Waals surface area contributed by atoms with E-state index in [9.17, 15) is 14.3 Å². The number of nitrogens with one attached hydrogen (secondary N) is 1. The van der Waals surface area contributed by atoms with Crippen LogP contribution in [0.2, 0.25) is 5.02 Å². The monoisotopic (exact) mass is 415 g/mol. The SMILES string of the molecule is CC(=O)N1CCC2(CC1)N=C(c1ccccc1O)C[C@H](c1ccc(F)c(Cl)c1)N2. The van der Waals surface area contributed by atoms with Gasteiger partial charge >= 0.3 is 0 Å². The summed E-state index contributed by atoms with van der Waals surface area (Å²) in [6.07, 6.45) is 1.86. The standard InChI is InChI=1S/C22H23ClFN3O2/c1-14(28)27-10-8-22(9-11-27)25-19(15-6-7-18(24)17(23)12-15)13-20(26-22)16-4-2-3-5-21(16)29/h2-7,12,19,25,29H,8-11,13H2,1H3/t19-/m1/s1. The first-order valence-electron chi connectivity index (χ1n) is 9.72. The average Bonchev–Trinajstić information content (AvgIpc) is 2.70. The molecule has 1 atom stereocenters. The number of phenolic OH excluding ortho intramolecular Hbond substituents is 1. The lowest BCUT2D eigenvalue weighted by molar-refractivity contribution is -0.130. The van der Waals surface area contributed by atoms with Gasteiger partial charge in [0, 0.05) is 56.6 Å². The van der Waals surface area contributed by atoms with Gasteiger partial charge in [-0.05, 0) is 29.8 Å². The minimum absolute atomic E-state index is 0.0578. The predicted octanol–water partition coefficient (Wildman–Crippen LogP) is 4.05. The van der Waals surface area contributed by atoms with Crippen LogP contribution < -0.4 is 5.32 Å². The number of para-hydroxylation sites is 1. The Morgan fingerprint density at radius 2 is 2.00 bits per heavy atom. The number of aliphatic imine (C=N–C) groups is 1. The van der Waals surface area contributed by atoms with Gasteiger partial charge in [0.05, 0.1) is 5.02 Å². The van der Waals surface area contributed by atoms with Crippen molar-refractivity contribution in [3.63, 3.8) is 0 Å². The second-order valence-corrected chi connectivity index (χ2v) is 8.10. The predicted molar refractivity (Wildman–Crippen MR) is 111 cm³/mol. The van der Waals surface area contributed by atoms with Gasteiger partial charge in [0.15, 0.2) is 0 Å². The molecule has 0 saturated carbocycles. The number of amides is 1. The quantitative estimate of drug-likeness (QED) is 0.777. The van der Waals surface area contributed by atoms with Gasteiger partial charge in [0.25, 0.3) is 0 Å². The van der Waals surface area contributed by atoms with Gasteiger partial charge in [-0.2, -0.15) is 0 Å². The topological polar surface area (TPSA) is 64.9 Å². The molecule has 0 unspecified atom stereocenters. The molecule has 2 aromatic rings. The van der Waals surface area contributed by atoms with Gasteiger partial charge in [0.2, 0.25) is 5.91 Å². The van der Waals surface area contributed by atoms with E-state index in [1.165, 1.54) is 6.07 Å². The Kier molecular flexibility index (Phi) is 5.32. The van der Waals surface area contributed by atoms with Gasteiger partial charge in [0.1, 0.15) is 17.2 Å². The molecule has 1 fully saturated rings. The molecule has 5 nitrogen and oxygen atoms in total. The van der Waals surface area contributed by atoms with Crippen LogP contribution >= 0.6 is 11.6 Å². The fraction of sp³-hybridized carbons (Fsp3) is 0.364. The van der Waals surface area contributed by atoms with Crippen molar-refractivity contribution in [1.82, 2.24) is 10.2 Å². The number of hydrogen-bond donors (Lipinski definition) is 2. The van der Waals surface area contributed by atoms with E-state index in [-0.39, 0.29) is 22.7 Å². The molecule has 7 heteroatoms. The van der Waals surface area contributed by atoms with Crippen molar-refractivity contribution in [2.24, 2.45) is 4.99 Å². The zero-order chi connectivity index (χ0) is 20.6. The summed E-state index contributed by atoms with van der Waals surface area (Å²) in [4.78, 5) is 18.6. The summed E-state index contributed by atoms with van der Waals surface area (Å²) in [5.41, 5.74) is 1.81. The summed E-state index contributed by atoms with van der Waals surface area (Å²) in [5.74, 6) is -0.215. The van der Waals surface area contributed by atoms with E-state index in [0.29, 0.717) is 37.9 Å². The van der Waals surface area contributed by atoms with E-state index >= 15 is 0 Å². The molecule has 0 radical (unpaired) electrons. The molecule has 0 bridgehead atoms. The highest BCUT2D eigenvalue weighted by atomic mass is 35.5. The summed E-state index contributed by atoms with van der Waals surface area (Å²) in [6, 6.07) is 11.7. The molecule has 29 heavy (non-hydrogen) atoms. The van der Waals surface area contributed by atoms with Crippen LogP contribution in [0.3, 0.4) is 0 Å². The Labute approximate surface area is 174 Å². The van der Waals surface area contributed by atoms with Crippen molar-refractivity contribution in [3.8, 4) is 5.75 Å². The summed E-state index contributed by atoms with van der Waals surface area (Å²) >= 11 is 6.03. The van der Waals surface area contributed by atoms with Crippen LogP contribution in [0.4, 0.5) is 4.39 Å². The van der Waals surface area contributed by atoms with Crippen LogP contribution in [0, 0.1) is 5.82 Å². The maximum Gasteiger partial charge on any atom is 0.219 e. The number of likely N-dealkylation sites (tertiary alicyclic amines) is 1. The molecule has 152 valence electrons. The van der Waals surface area contributed by atoms with Crippen molar-refractivity contribution in [2.45, 2.75) is 37.9 Å². The Hall–Kier alpha value is -2.44. The van der Waals surface area contributed by atoms with Crippen LogP contribution in [0.25, 0.3) is 0 Å². The molecule has 2 heterocycles. The van der Waals surface area contributed by atoms with Gasteiger partial charge in [-0.25, -0.2) is 4.39 Å². The molecule has 2 aliphatic heterocycles. The number of phenols is 1. The Morgan fingerprint density at radius 3 is 2.66 bits per heavy atom. The molecular weight excluding hydrogens is 393 g/mol. The molecule has 2 aromatic carbocycles. The van der Waals surface area contributed by atoms with Crippen LogP contribution in [-0.4, -0.2) is 40.4 Å². The Morgan fingerprint density at radius 1 is 1.28 bits per heavy atom. The fourth-order valence-corrected chi connectivity index (χ4v) is 4.36. The summed E-state index contributed by atoms with van der Waals surface area (Å²) in [6.45, 7) is 2.79. The lowest BCUT2D eigenvalue weighted by Crippen LogP contribution is -2.56.